The van der Waals surface area contributed by atoms with Crippen molar-refractivity contribution >= 4 is 26.1 Å². The molecule has 1 rings (SSSR count). The van der Waals surface area contributed by atoms with Gasteiger partial charge in [0.25, 0.3) is 0 Å². The molecule has 1 heterocycles. The van der Waals surface area contributed by atoms with Gasteiger partial charge in [-0.15, -0.1) is 0 Å². The zero-order valence-electron chi connectivity index (χ0n) is 16.2. The zero-order valence-corrected chi connectivity index (χ0v) is 17.2. The molecule has 1 aliphatic rings. The van der Waals surface area contributed by atoms with Crippen molar-refractivity contribution in [2.75, 3.05) is 27.9 Å². The van der Waals surface area contributed by atoms with Crippen LogP contribution in [0.25, 0.3) is 0 Å². The minimum absolute atomic E-state index is 0.0160. The van der Waals surface area contributed by atoms with Crippen LogP contribution in [0.3, 0.4) is 0 Å². The average Bonchev–Trinajstić information content (AvgIpc) is 2.90. The first kappa shape index (κ1) is 21.2. The van der Waals surface area contributed by atoms with Crippen molar-refractivity contribution in [3.8, 4) is 0 Å². The summed E-state index contributed by atoms with van der Waals surface area (Å²) in [7, 11) is 2.43. The van der Waals surface area contributed by atoms with Crippen molar-refractivity contribution < 1.29 is 28.6 Å². The lowest BCUT2D eigenvalue weighted by Crippen LogP contribution is -2.44. The molecule has 0 bridgehead atoms. The molecule has 142 valence electrons. The predicted octanol–water partition coefficient (Wildman–Crippen LogP) is 2.44. The number of carbonyl (C=O) groups is 3. The summed E-state index contributed by atoms with van der Waals surface area (Å²) in [6.45, 7) is 9.00. The minimum atomic E-state index is -1.41. The molecule has 0 saturated carbocycles. The van der Waals surface area contributed by atoms with E-state index < -0.39 is 38.1 Å². The highest BCUT2D eigenvalue weighted by atomic mass is 28.3. The quantitative estimate of drug-likeness (QED) is 0.319. The van der Waals surface area contributed by atoms with Gasteiger partial charge in [-0.2, -0.15) is 0 Å². The molecule has 25 heavy (non-hydrogen) atoms. The van der Waals surface area contributed by atoms with E-state index >= 15 is 0 Å². The molecule has 0 aromatic rings. The Labute approximate surface area is 150 Å². The first-order chi connectivity index (χ1) is 11.6. The van der Waals surface area contributed by atoms with Crippen LogP contribution in [-0.2, 0) is 23.8 Å². The van der Waals surface area contributed by atoms with Gasteiger partial charge in [0.2, 0.25) is 0 Å². The molecule has 7 nitrogen and oxygen atoms in total. The number of likely N-dealkylation sites (tertiary alicyclic amines) is 1. The number of allylic oxidation sites excluding steroid dienone is 1. The average molecular weight is 372 g/mol. The maximum Gasteiger partial charge on any atom is 0.410 e. The van der Waals surface area contributed by atoms with Crippen LogP contribution in [0.2, 0.25) is 25.7 Å². The normalized spacial score (nSPS) is 22.4. The summed E-state index contributed by atoms with van der Waals surface area (Å²) in [4.78, 5) is 37.7. The number of hydrogen-bond donors (Lipinski definition) is 0. The molecule has 1 fully saturated rings. The van der Waals surface area contributed by atoms with Crippen molar-refractivity contribution in [1.82, 2.24) is 4.90 Å². The predicted molar refractivity (Wildman–Crippen MR) is 95.9 cm³/mol. The van der Waals surface area contributed by atoms with Crippen LogP contribution in [-0.4, -0.2) is 64.9 Å². The number of carbonyl (C=O) groups excluding carboxylic acids is 3. The van der Waals surface area contributed by atoms with Crippen LogP contribution < -0.4 is 0 Å². The van der Waals surface area contributed by atoms with Gasteiger partial charge in [0.1, 0.15) is 6.04 Å². The number of esters is 2. The van der Waals surface area contributed by atoms with Gasteiger partial charge in [0.05, 0.1) is 27.8 Å². The number of methoxy groups -OCH3 is 3. The number of ether oxygens (including phenoxy) is 3. The van der Waals surface area contributed by atoms with Crippen molar-refractivity contribution in [1.29, 1.82) is 0 Å². The summed E-state index contributed by atoms with van der Waals surface area (Å²) in [6, 6.07) is 0.0336. The third-order valence-electron chi connectivity index (χ3n) is 4.31. The van der Waals surface area contributed by atoms with Crippen LogP contribution in [0, 0.1) is 5.92 Å². The van der Waals surface area contributed by atoms with Gasteiger partial charge < -0.3 is 14.2 Å². The molecular formula is C17H29NO6Si. The first-order valence-electron chi connectivity index (χ1n) is 8.23. The molecule has 0 spiro atoms. The molecule has 0 N–H and O–H groups in total. The Morgan fingerprint density at radius 1 is 1.08 bits per heavy atom. The van der Waals surface area contributed by atoms with Gasteiger partial charge in [0, 0.05) is 20.5 Å². The van der Waals surface area contributed by atoms with Gasteiger partial charge in [-0.25, -0.2) is 9.59 Å². The van der Waals surface area contributed by atoms with Crippen LogP contribution >= 0.6 is 0 Å². The van der Waals surface area contributed by atoms with Crippen LogP contribution in [0.4, 0.5) is 4.79 Å². The van der Waals surface area contributed by atoms with Crippen LogP contribution in [0.1, 0.15) is 13.3 Å². The van der Waals surface area contributed by atoms with E-state index in [1.54, 1.807) is 0 Å². The smallest absolute Gasteiger partial charge is 0.410 e. The first-order valence-corrected chi connectivity index (χ1v) is 11.9. The molecule has 1 saturated heterocycles. The zero-order chi connectivity index (χ0) is 19.4. The molecule has 0 aromatic heterocycles. The summed E-state index contributed by atoms with van der Waals surface area (Å²) < 4.78 is 14.5. The van der Waals surface area contributed by atoms with E-state index in [1.165, 1.54) is 26.2 Å². The van der Waals surface area contributed by atoms with E-state index in [4.69, 9.17) is 14.2 Å². The van der Waals surface area contributed by atoms with Crippen molar-refractivity contribution in [3.63, 3.8) is 0 Å². The van der Waals surface area contributed by atoms with Crippen LogP contribution in [0.15, 0.2) is 11.1 Å². The van der Waals surface area contributed by atoms with E-state index in [0.717, 1.165) is 17.2 Å². The Morgan fingerprint density at radius 3 is 2.12 bits per heavy atom. The Hall–Kier alpha value is -1.83. The van der Waals surface area contributed by atoms with Crippen molar-refractivity contribution in [2.45, 2.75) is 45.1 Å². The van der Waals surface area contributed by atoms with Gasteiger partial charge in [-0.3, -0.25) is 9.69 Å². The number of hydrogen-bond acceptors (Lipinski definition) is 6. The fraction of sp³-hybridized carbons (Fsp3) is 0.706. The highest BCUT2D eigenvalue weighted by Gasteiger charge is 2.47. The fourth-order valence-corrected chi connectivity index (χ4v) is 5.19. The second-order valence-electron chi connectivity index (χ2n) is 7.50. The summed E-state index contributed by atoms with van der Waals surface area (Å²) in [5.74, 6) is -1.45. The Morgan fingerprint density at radius 2 is 1.68 bits per heavy atom. The Bertz CT molecular complexity index is 566. The monoisotopic (exact) mass is 371 g/mol. The molecular weight excluding hydrogens is 342 g/mol. The molecule has 1 aliphatic heterocycles. The van der Waals surface area contributed by atoms with E-state index in [-0.39, 0.29) is 13.0 Å². The van der Waals surface area contributed by atoms with E-state index in [1.807, 2.05) is 6.92 Å². The molecule has 0 aliphatic carbocycles. The highest BCUT2D eigenvalue weighted by molar-refractivity contribution is 6.76. The number of nitrogens with zero attached hydrogens (tertiary/aromatic N) is 1. The van der Waals surface area contributed by atoms with Gasteiger partial charge >= 0.3 is 18.0 Å². The summed E-state index contributed by atoms with van der Waals surface area (Å²) in [5.41, 5.74) is 2.04. The van der Waals surface area contributed by atoms with E-state index in [2.05, 4.69) is 19.6 Å². The molecule has 8 heteroatoms. The Balaban J connectivity index is 3.37. The maximum atomic E-state index is 12.3. The standard InChI is InChI=1S/C17H29NO6Si/c1-11(10-25(5,6)7)13-9-18(17(21)24-4)15(16(20)23-3)12(13)8-14(19)22-2/h12,15H,8-10H2,1-7H3/b13-11-/t12-,15-/m0/s1. The van der Waals surface area contributed by atoms with Gasteiger partial charge in [0.15, 0.2) is 0 Å². The Kier molecular flexibility index (Phi) is 7.22. The summed E-state index contributed by atoms with van der Waals surface area (Å²) in [5, 5.41) is 0. The minimum Gasteiger partial charge on any atom is -0.469 e. The number of amides is 1. The molecule has 0 aromatic carbocycles. The number of rotatable bonds is 5. The highest BCUT2D eigenvalue weighted by Crippen LogP contribution is 2.37. The molecule has 1 amide bonds. The summed E-state index contributed by atoms with van der Waals surface area (Å²) in [6.07, 6.45) is -0.594. The second-order valence-corrected chi connectivity index (χ2v) is 13.0. The molecule has 0 unspecified atom stereocenters. The van der Waals surface area contributed by atoms with Crippen LogP contribution in [0.5, 0.6) is 0 Å². The van der Waals surface area contributed by atoms with E-state index in [9.17, 15) is 14.4 Å². The lowest BCUT2D eigenvalue weighted by Gasteiger charge is -2.24. The largest absolute Gasteiger partial charge is 0.469 e. The third kappa shape index (κ3) is 5.32. The topological polar surface area (TPSA) is 82.1 Å². The van der Waals surface area contributed by atoms with Crippen molar-refractivity contribution in [2.24, 2.45) is 5.92 Å². The maximum absolute atomic E-state index is 12.3. The second kappa shape index (κ2) is 8.51. The molecule has 2 atom stereocenters. The molecule has 0 radical (unpaired) electrons. The van der Waals surface area contributed by atoms with E-state index in [0.29, 0.717) is 0 Å². The third-order valence-corrected chi connectivity index (χ3v) is 5.91. The summed E-state index contributed by atoms with van der Waals surface area (Å²) >= 11 is 0. The van der Waals surface area contributed by atoms with Gasteiger partial charge in [-0.1, -0.05) is 25.2 Å². The SMILES string of the molecule is COC(=O)C[C@H]1/C(=C(/C)C[Si](C)(C)C)CN(C(=O)OC)[C@@H]1C(=O)OC. The van der Waals surface area contributed by atoms with Crippen molar-refractivity contribution in [3.05, 3.63) is 11.1 Å². The lowest BCUT2D eigenvalue weighted by molar-refractivity contribution is -0.148. The van der Waals surface area contributed by atoms with Gasteiger partial charge in [-0.05, 0) is 18.5 Å². The fourth-order valence-electron chi connectivity index (χ4n) is 3.37. The lowest BCUT2D eigenvalue weighted by atomic mass is 9.90.